The van der Waals surface area contributed by atoms with Crippen LogP contribution >= 0.6 is 15.9 Å². The molecule has 2 heterocycles. The van der Waals surface area contributed by atoms with Gasteiger partial charge < -0.3 is 9.47 Å². The molecule has 4 heteroatoms. The van der Waals surface area contributed by atoms with Crippen LogP contribution in [0.3, 0.4) is 0 Å². The Morgan fingerprint density at radius 1 is 1.40 bits per heavy atom. The molecule has 52 valence electrons. The maximum atomic E-state index is 5.05. The van der Waals surface area contributed by atoms with Crippen LogP contribution in [0.25, 0.3) is 0 Å². The first-order chi connectivity index (χ1) is 4.86. The third-order valence-electron chi connectivity index (χ3n) is 1.20. The van der Waals surface area contributed by atoms with E-state index in [4.69, 9.17) is 9.47 Å². The highest BCUT2D eigenvalue weighted by molar-refractivity contribution is 9.10. The Balaban J connectivity index is 2.52. The summed E-state index contributed by atoms with van der Waals surface area (Å²) in [6.07, 6.45) is 0. The molecule has 10 heavy (non-hydrogen) atoms. The van der Waals surface area contributed by atoms with E-state index in [0.29, 0.717) is 11.6 Å². The molecule has 0 saturated carbocycles. The molecule has 1 aromatic rings. The van der Waals surface area contributed by atoms with Crippen LogP contribution in [-0.4, -0.2) is 11.8 Å². The van der Waals surface area contributed by atoms with E-state index in [9.17, 15) is 0 Å². The predicted octanol–water partition coefficient (Wildman–Crippen LogP) is 1.57. The van der Waals surface area contributed by atoms with Gasteiger partial charge in [0.05, 0.1) is 0 Å². The average molecular weight is 202 g/mol. The smallest absolute Gasteiger partial charge is 0.261 e. The van der Waals surface area contributed by atoms with Crippen LogP contribution in [0.1, 0.15) is 0 Å². The van der Waals surface area contributed by atoms with Gasteiger partial charge in [0.1, 0.15) is 4.60 Å². The van der Waals surface area contributed by atoms with Crippen molar-refractivity contribution in [2.75, 3.05) is 6.79 Å². The number of nitrogens with zero attached hydrogens (tertiary/aromatic N) is 1. The number of hydrogen-bond donors (Lipinski definition) is 0. The van der Waals surface area contributed by atoms with E-state index in [1.54, 1.807) is 0 Å². The predicted molar refractivity (Wildman–Crippen MR) is 38.1 cm³/mol. The van der Waals surface area contributed by atoms with Gasteiger partial charge in [0.15, 0.2) is 5.75 Å². The van der Waals surface area contributed by atoms with E-state index in [0.717, 1.165) is 4.60 Å². The second-order valence-electron chi connectivity index (χ2n) is 1.84. The van der Waals surface area contributed by atoms with Crippen molar-refractivity contribution in [1.82, 2.24) is 4.98 Å². The zero-order chi connectivity index (χ0) is 6.97. The van der Waals surface area contributed by atoms with Crippen LogP contribution in [-0.2, 0) is 0 Å². The summed E-state index contributed by atoms with van der Waals surface area (Å²) in [5, 5.41) is 0. The van der Waals surface area contributed by atoms with Crippen molar-refractivity contribution in [3.63, 3.8) is 0 Å². The molecular weight excluding hydrogens is 198 g/mol. The van der Waals surface area contributed by atoms with Crippen molar-refractivity contribution in [2.45, 2.75) is 0 Å². The first kappa shape index (κ1) is 5.97. The Morgan fingerprint density at radius 2 is 2.30 bits per heavy atom. The maximum Gasteiger partial charge on any atom is 0.261 e. The van der Waals surface area contributed by atoms with Gasteiger partial charge in [-0.25, -0.2) is 4.98 Å². The Kier molecular flexibility index (Phi) is 1.27. The molecule has 0 fully saturated rings. The summed E-state index contributed by atoms with van der Waals surface area (Å²) in [4.78, 5) is 4.02. The monoisotopic (exact) mass is 201 g/mol. The molecule has 0 unspecified atom stereocenters. The third-order valence-corrected chi connectivity index (χ3v) is 1.64. The highest BCUT2D eigenvalue weighted by atomic mass is 79.9. The summed E-state index contributed by atoms with van der Waals surface area (Å²) in [6, 6.07) is 3.63. The van der Waals surface area contributed by atoms with Gasteiger partial charge in [0.25, 0.3) is 5.88 Å². The van der Waals surface area contributed by atoms with Crippen LogP contribution in [0.5, 0.6) is 11.6 Å². The van der Waals surface area contributed by atoms with E-state index in [-0.39, 0.29) is 6.79 Å². The lowest BCUT2D eigenvalue weighted by Gasteiger charge is -1.92. The lowest BCUT2D eigenvalue weighted by molar-refractivity contribution is 0.171. The van der Waals surface area contributed by atoms with Crippen LogP contribution in [0.4, 0.5) is 0 Å². The normalized spacial score (nSPS) is 13.7. The number of aromatic nitrogens is 1. The van der Waals surface area contributed by atoms with Crippen LogP contribution < -0.4 is 9.47 Å². The van der Waals surface area contributed by atoms with Gasteiger partial charge in [-0.15, -0.1) is 0 Å². The van der Waals surface area contributed by atoms with Gasteiger partial charge in [-0.2, -0.15) is 0 Å². The topological polar surface area (TPSA) is 31.4 Å². The Hall–Kier alpha value is -0.770. The van der Waals surface area contributed by atoms with Crippen LogP contribution in [0.15, 0.2) is 16.7 Å². The number of fused-ring (bicyclic) bond motifs is 1. The summed E-state index contributed by atoms with van der Waals surface area (Å²) in [5.41, 5.74) is 0. The second-order valence-corrected chi connectivity index (χ2v) is 2.66. The van der Waals surface area contributed by atoms with Crippen LogP contribution in [0, 0.1) is 0 Å². The number of hydrogen-bond acceptors (Lipinski definition) is 3. The molecule has 1 aliphatic rings. The molecule has 1 aromatic heterocycles. The molecule has 0 aromatic carbocycles. The minimum Gasteiger partial charge on any atom is -0.452 e. The van der Waals surface area contributed by atoms with Crippen molar-refractivity contribution in [2.24, 2.45) is 0 Å². The molecule has 0 amide bonds. The summed E-state index contributed by atoms with van der Waals surface area (Å²) in [5.74, 6) is 1.28. The summed E-state index contributed by atoms with van der Waals surface area (Å²) in [7, 11) is 0. The lowest BCUT2D eigenvalue weighted by atomic mass is 10.4. The summed E-state index contributed by atoms with van der Waals surface area (Å²) >= 11 is 3.22. The molecule has 0 aliphatic carbocycles. The van der Waals surface area contributed by atoms with E-state index in [1.807, 2.05) is 12.1 Å². The van der Waals surface area contributed by atoms with Crippen LogP contribution in [0.2, 0.25) is 0 Å². The van der Waals surface area contributed by atoms with E-state index in [1.165, 1.54) is 0 Å². The van der Waals surface area contributed by atoms with E-state index >= 15 is 0 Å². The fourth-order valence-corrected chi connectivity index (χ4v) is 1.06. The first-order valence-electron chi connectivity index (χ1n) is 2.78. The number of ether oxygens (including phenoxy) is 2. The van der Waals surface area contributed by atoms with Crippen molar-refractivity contribution in [1.29, 1.82) is 0 Å². The molecule has 2 rings (SSSR count). The number of halogens is 1. The van der Waals surface area contributed by atoms with Crippen molar-refractivity contribution < 1.29 is 9.47 Å². The maximum absolute atomic E-state index is 5.05. The largest absolute Gasteiger partial charge is 0.452 e. The molecule has 1 aliphatic heterocycles. The first-order valence-corrected chi connectivity index (χ1v) is 3.58. The molecule has 0 atom stereocenters. The second kappa shape index (κ2) is 2.12. The molecule has 0 saturated heterocycles. The van der Waals surface area contributed by atoms with Gasteiger partial charge in [0.2, 0.25) is 6.79 Å². The van der Waals surface area contributed by atoms with Gasteiger partial charge in [-0.3, -0.25) is 0 Å². The average Bonchev–Trinajstić information content (AvgIpc) is 2.33. The Morgan fingerprint density at radius 3 is 3.20 bits per heavy atom. The molecule has 0 bridgehead atoms. The molecule has 3 nitrogen and oxygen atoms in total. The minimum absolute atomic E-state index is 0.277. The zero-order valence-corrected chi connectivity index (χ0v) is 6.59. The van der Waals surface area contributed by atoms with Crippen molar-refractivity contribution in [3.8, 4) is 11.6 Å². The van der Waals surface area contributed by atoms with E-state index in [2.05, 4.69) is 20.9 Å². The molecule has 0 spiro atoms. The SMILES string of the molecule is Brc1ccc2c(n1)OCO2. The molecular formula is C6H4BrNO2. The number of rotatable bonds is 0. The minimum atomic E-state index is 0.277. The Labute approximate surface area is 66.1 Å². The highest BCUT2D eigenvalue weighted by Crippen LogP contribution is 2.30. The summed E-state index contributed by atoms with van der Waals surface area (Å²) in [6.45, 7) is 0.277. The highest BCUT2D eigenvalue weighted by Gasteiger charge is 2.13. The van der Waals surface area contributed by atoms with E-state index < -0.39 is 0 Å². The standard InChI is InChI=1S/C6H4BrNO2/c7-5-2-1-4-6(8-5)10-3-9-4/h1-2H,3H2. The quantitative estimate of drug-likeness (QED) is 0.598. The Bertz CT molecular complexity index is 264. The van der Waals surface area contributed by atoms with Gasteiger partial charge in [-0.05, 0) is 28.1 Å². The summed E-state index contributed by atoms with van der Waals surface area (Å²) < 4.78 is 10.8. The van der Waals surface area contributed by atoms with Crippen molar-refractivity contribution in [3.05, 3.63) is 16.7 Å². The zero-order valence-electron chi connectivity index (χ0n) is 5.00. The van der Waals surface area contributed by atoms with Gasteiger partial charge >= 0.3 is 0 Å². The fourth-order valence-electron chi connectivity index (χ4n) is 0.767. The van der Waals surface area contributed by atoms with Gasteiger partial charge in [0, 0.05) is 0 Å². The van der Waals surface area contributed by atoms with Crippen molar-refractivity contribution >= 4 is 15.9 Å². The molecule has 0 N–H and O–H groups in total. The fraction of sp³-hybridized carbons (Fsp3) is 0.167. The molecule has 0 radical (unpaired) electrons. The third kappa shape index (κ3) is 0.844. The lowest BCUT2D eigenvalue weighted by Crippen LogP contribution is -1.93. The van der Waals surface area contributed by atoms with Gasteiger partial charge in [-0.1, -0.05) is 0 Å². The number of pyridine rings is 1.